The molecule has 1 aliphatic rings. The lowest BCUT2D eigenvalue weighted by atomic mass is 10.1. The highest BCUT2D eigenvalue weighted by Crippen LogP contribution is 2.28. The van der Waals surface area contributed by atoms with E-state index in [-0.39, 0.29) is 12.6 Å². The second-order valence-corrected chi connectivity index (χ2v) is 7.39. The molecule has 3 rings (SSSR count). The fourth-order valence-electron chi connectivity index (χ4n) is 3.14. The molecule has 1 aliphatic carbocycles. The highest BCUT2D eigenvalue weighted by Gasteiger charge is 2.22. The van der Waals surface area contributed by atoms with Crippen molar-refractivity contribution in [1.82, 2.24) is 10.3 Å². The standard InChI is InChI=1S/C19H24N2OS/c1-13(20-17-9-8-16(10-17)12-22)19-14(2)21-18(23-19)11-15-6-4-3-5-7-15/h3-9,13,16-17,20,22H,10-12H2,1-2H3/t13-,16+,17-/m1/s1. The van der Waals surface area contributed by atoms with Crippen LogP contribution in [0.25, 0.3) is 0 Å². The summed E-state index contributed by atoms with van der Waals surface area (Å²) in [5.74, 6) is 0.302. The fourth-order valence-corrected chi connectivity index (χ4v) is 4.26. The molecular weight excluding hydrogens is 304 g/mol. The molecule has 1 aromatic carbocycles. The molecule has 3 nitrogen and oxygen atoms in total. The van der Waals surface area contributed by atoms with Gasteiger partial charge in [0, 0.05) is 35.9 Å². The number of benzene rings is 1. The first-order chi connectivity index (χ1) is 11.2. The van der Waals surface area contributed by atoms with Crippen molar-refractivity contribution in [2.45, 2.75) is 38.8 Å². The monoisotopic (exact) mass is 328 g/mol. The molecule has 0 radical (unpaired) electrons. The van der Waals surface area contributed by atoms with E-state index in [0.29, 0.717) is 12.0 Å². The van der Waals surface area contributed by atoms with Gasteiger partial charge in [-0.25, -0.2) is 4.98 Å². The van der Waals surface area contributed by atoms with Crippen LogP contribution in [-0.4, -0.2) is 22.7 Å². The zero-order valence-electron chi connectivity index (χ0n) is 13.7. The summed E-state index contributed by atoms with van der Waals surface area (Å²) in [6.07, 6.45) is 6.17. The molecule has 1 heterocycles. The zero-order valence-corrected chi connectivity index (χ0v) is 14.5. The number of aliphatic hydroxyl groups excluding tert-OH is 1. The summed E-state index contributed by atoms with van der Waals surface area (Å²) in [5, 5.41) is 14.1. The van der Waals surface area contributed by atoms with Crippen molar-refractivity contribution in [3.63, 3.8) is 0 Å². The van der Waals surface area contributed by atoms with Crippen LogP contribution in [0.5, 0.6) is 0 Å². The summed E-state index contributed by atoms with van der Waals surface area (Å²) in [5.41, 5.74) is 2.43. The van der Waals surface area contributed by atoms with Crippen molar-refractivity contribution in [3.8, 4) is 0 Å². The van der Waals surface area contributed by atoms with Crippen molar-refractivity contribution in [1.29, 1.82) is 0 Å². The van der Waals surface area contributed by atoms with Crippen molar-refractivity contribution in [2.24, 2.45) is 5.92 Å². The van der Waals surface area contributed by atoms with E-state index < -0.39 is 0 Å². The Labute approximate surface area is 142 Å². The third-order valence-corrected chi connectivity index (χ3v) is 5.68. The van der Waals surface area contributed by atoms with E-state index in [1.54, 1.807) is 11.3 Å². The largest absolute Gasteiger partial charge is 0.396 e. The molecule has 4 heteroatoms. The third kappa shape index (κ3) is 4.08. The van der Waals surface area contributed by atoms with Gasteiger partial charge in [0.1, 0.15) is 0 Å². The van der Waals surface area contributed by atoms with Gasteiger partial charge in [0.05, 0.1) is 10.7 Å². The Morgan fingerprint density at radius 3 is 2.78 bits per heavy atom. The van der Waals surface area contributed by atoms with Crippen LogP contribution in [0, 0.1) is 12.8 Å². The highest BCUT2D eigenvalue weighted by molar-refractivity contribution is 7.11. The number of hydrogen-bond acceptors (Lipinski definition) is 4. The van der Waals surface area contributed by atoms with Crippen LogP contribution in [0.2, 0.25) is 0 Å². The summed E-state index contributed by atoms with van der Waals surface area (Å²) in [7, 11) is 0. The summed E-state index contributed by atoms with van der Waals surface area (Å²) in [6.45, 7) is 4.54. The molecule has 1 aromatic heterocycles. The molecule has 122 valence electrons. The van der Waals surface area contributed by atoms with Crippen molar-refractivity contribution in [3.05, 3.63) is 63.6 Å². The first-order valence-corrected chi connectivity index (χ1v) is 9.02. The van der Waals surface area contributed by atoms with E-state index in [4.69, 9.17) is 4.98 Å². The fraction of sp³-hybridized carbons (Fsp3) is 0.421. The maximum Gasteiger partial charge on any atom is 0.0975 e. The Hall–Kier alpha value is -1.49. The molecule has 0 saturated heterocycles. The Morgan fingerprint density at radius 2 is 2.09 bits per heavy atom. The van der Waals surface area contributed by atoms with Crippen molar-refractivity contribution >= 4 is 11.3 Å². The van der Waals surface area contributed by atoms with Crippen LogP contribution in [0.4, 0.5) is 0 Å². The van der Waals surface area contributed by atoms with Gasteiger partial charge in [-0.1, -0.05) is 42.5 Å². The van der Waals surface area contributed by atoms with Gasteiger partial charge in [-0.2, -0.15) is 0 Å². The van der Waals surface area contributed by atoms with Gasteiger partial charge in [0.15, 0.2) is 0 Å². The molecule has 0 bridgehead atoms. The number of hydrogen-bond donors (Lipinski definition) is 2. The number of nitrogens with one attached hydrogen (secondary N) is 1. The molecule has 23 heavy (non-hydrogen) atoms. The SMILES string of the molecule is Cc1nc(Cc2ccccc2)sc1[C@@H](C)N[C@@H]1C=C[C@H](CO)C1. The topological polar surface area (TPSA) is 45.2 Å². The predicted molar refractivity (Wildman–Crippen MR) is 95.8 cm³/mol. The Kier molecular flexibility index (Phi) is 5.26. The Morgan fingerprint density at radius 1 is 1.30 bits per heavy atom. The number of nitrogens with zero attached hydrogens (tertiary/aromatic N) is 1. The van der Waals surface area contributed by atoms with Crippen LogP contribution in [0.1, 0.15) is 40.5 Å². The Balaban J connectivity index is 1.65. The third-order valence-electron chi connectivity index (χ3n) is 4.34. The van der Waals surface area contributed by atoms with Crippen LogP contribution >= 0.6 is 11.3 Å². The van der Waals surface area contributed by atoms with E-state index in [1.807, 2.05) is 6.07 Å². The molecular formula is C19H24N2OS. The maximum absolute atomic E-state index is 9.24. The van der Waals surface area contributed by atoms with Crippen LogP contribution < -0.4 is 5.32 Å². The van der Waals surface area contributed by atoms with Gasteiger partial charge in [-0.15, -0.1) is 11.3 Å². The van der Waals surface area contributed by atoms with Crippen molar-refractivity contribution in [2.75, 3.05) is 6.61 Å². The summed E-state index contributed by atoms with van der Waals surface area (Å²) in [6, 6.07) is 11.1. The molecule has 0 spiro atoms. The molecule has 0 unspecified atom stereocenters. The van der Waals surface area contributed by atoms with E-state index in [1.165, 1.54) is 15.4 Å². The van der Waals surface area contributed by atoms with Gasteiger partial charge >= 0.3 is 0 Å². The smallest absolute Gasteiger partial charge is 0.0975 e. The average molecular weight is 328 g/mol. The van der Waals surface area contributed by atoms with Gasteiger partial charge in [-0.3, -0.25) is 0 Å². The average Bonchev–Trinajstić information content (AvgIpc) is 3.14. The second kappa shape index (κ2) is 7.39. The number of aliphatic hydroxyl groups is 1. The highest BCUT2D eigenvalue weighted by atomic mass is 32.1. The molecule has 2 N–H and O–H groups in total. The minimum Gasteiger partial charge on any atom is -0.396 e. The summed E-state index contributed by atoms with van der Waals surface area (Å²) >= 11 is 1.81. The predicted octanol–water partition coefficient (Wildman–Crippen LogP) is 3.63. The molecule has 0 fully saturated rings. The van der Waals surface area contributed by atoms with E-state index in [2.05, 4.69) is 55.6 Å². The van der Waals surface area contributed by atoms with Gasteiger partial charge in [0.25, 0.3) is 0 Å². The lowest BCUT2D eigenvalue weighted by molar-refractivity contribution is 0.245. The Bertz CT molecular complexity index is 665. The van der Waals surface area contributed by atoms with Gasteiger partial charge in [-0.05, 0) is 25.8 Å². The molecule has 3 atom stereocenters. The van der Waals surface area contributed by atoms with Crippen molar-refractivity contribution < 1.29 is 5.11 Å². The normalized spacial score (nSPS) is 21.7. The molecule has 2 aromatic rings. The molecule has 0 saturated carbocycles. The first-order valence-electron chi connectivity index (χ1n) is 8.21. The number of thiazole rings is 1. The quantitative estimate of drug-likeness (QED) is 0.796. The van der Waals surface area contributed by atoms with Crippen LogP contribution in [-0.2, 0) is 6.42 Å². The van der Waals surface area contributed by atoms with Crippen LogP contribution in [0.3, 0.4) is 0 Å². The lowest BCUT2D eigenvalue weighted by Crippen LogP contribution is -2.29. The maximum atomic E-state index is 9.24. The second-order valence-electron chi connectivity index (χ2n) is 6.28. The van der Waals surface area contributed by atoms with Gasteiger partial charge < -0.3 is 10.4 Å². The van der Waals surface area contributed by atoms with E-state index >= 15 is 0 Å². The minimum absolute atomic E-state index is 0.240. The number of aryl methyl sites for hydroxylation is 1. The number of aromatic nitrogens is 1. The number of rotatable bonds is 6. The van der Waals surface area contributed by atoms with Gasteiger partial charge in [0.2, 0.25) is 0 Å². The zero-order chi connectivity index (χ0) is 16.2. The van der Waals surface area contributed by atoms with Crippen LogP contribution in [0.15, 0.2) is 42.5 Å². The minimum atomic E-state index is 0.240. The first kappa shape index (κ1) is 16.4. The molecule has 0 amide bonds. The summed E-state index contributed by atoms with van der Waals surface area (Å²) < 4.78 is 0. The lowest BCUT2D eigenvalue weighted by Gasteiger charge is -2.18. The van der Waals surface area contributed by atoms with E-state index in [0.717, 1.165) is 18.5 Å². The summed E-state index contributed by atoms with van der Waals surface area (Å²) in [4.78, 5) is 6.07. The molecule has 0 aliphatic heterocycles. The van der Waals surface area contributed by atoms with E-state index in [9.17, 15) is 5.11 Å².